The molecule has 2 rings (SSSR count). The molecule has 20 heavy (non-hydrogen) atoms. The van der Waals surface area contributed by atoms with Crippen molar-refractivity contribution in [2.24, 2.45) is 5.92 Å². The van der Waals surface area contributed by atoms with Gasteiger partial charge < -0.3 is 10.4 Å². The molecule has 0 fully saturated rings. The number of hydrogen-bond donors (Lipinski definition) is 2. The summed E-state index contributed by atoms with van der Waals surface area (Å²) >= 11 is 0. The summed E-state index contributed by atoms with van der Waals surface area (Å²) in [6.07, 6.45) is 2.88. The van der Waals surface area contributed by atoms with Crippen LogP contribution < -0.4 is 5.32 Å². The van der Waals surface area contributed by atoms with Crippen LogP contribution in [0.2, 0.25) is 0 Å². The van der Waals surface area contributed by atoms with Crippen molar-refractivity contribution >= 4 is 16.5 Å². The summed E-state index contributed by atoms with van der Waals surface area (Å²) in [5.41, 5.74) is 1.10. The number of benzene rings is 2. The smallest absolute Gasteiger partial charge is 0.0712 e. The topological polar surface area (TPSA) is 32.3 Å². The summed E-state index contributed by atoms with van der Waals surface area (Å²) in [7, 11) is 0. The van der Waals surface area contributed by atoms with Crippen LogP contribution in [0.4, 0.5) is 5.69 Å². The summed E-state index contributed by atoms with van der Waals surface area (Å²) in [5.74, 6) is 0.716. The second-order valence-electron chi connectivity index (χ2n) is 5.89. The first-order valence-electron chi connectivity index (χ1n) is 7.56. The molecule has 0 aliphatic rings. The van der Waals surface area contributed by atoms with Crippen molar-refractivity contribution in [1.29, 1.82) is 0 Å². The molecule has 0 spiro atoms. The van der Waals surface area contributed by atoms with Crippen LogP contribution in [0, 0.1) is 5.92 Å². The van der Waals surface area contributed by atoms with E-state index in [1.165, 1.54) is 17.2 Å². The molecular weight excluding hydrogens is 246 g/mol. The predicted octanol–water partition coefficient (Wildman–Crippen LogP) is 4.44. The molecule has 1 unspecified atom stereocenters. The molecule has 2 heteroatoms. The van der Waals surface area contributed by atoms with Gasteiger partial charge in [0.2, 0.25) is 0 Å². The molecule has 0 aliphatic heterocycles. The number of aliphatic hydroxyl groups is 1. The lowest BCUT2D eigenvalue weighted by Gasteiger charge is -2.15. The van der Waals surface area contributed by atoms with Gasteiger partial charge in [-0.25, -0.2) is 0 Å². The van der Waals surface area contributed by atoms with Crippen LogP contribution in [0.1, 0.15) is 33.1 Å². The van der Waals surface area contributed by atoms with E-state index < -0.39 is 0 Å². The van der Waals surface area contributed by atoms with Crippen LogP contribution in [0.3, 0.4) is 0 Å². The summed E-state index contributed by atoms with van der Waals surface area (Å²) in [6.45, 7) is 5.06. The Hall–Kier alpha value is -1.54. The van der Waals surface area contributed by atoms with E-state index in [9.17, 15) is 5.11 Å². The molecule has 0 bridgehead atoms. The normalized spacial score (nSPS) is 12.8. The van der Waals surface area contributed by atoms with Gasteiger partial charge >= 0.3 is 0 Å². The van der Waals surface area contributed by atoms with E-state index in [-0.39, 0.29) is 6.10 Å². The summed E-state index contributed by atoms with van der Waals surface area (Å²) in [4.78, 5) is 0. The monoisotopic (exact) mass is 271 g/mol. The minimum Gasteiger partial charge on any atom is -0.391 e. The number of aliphatic hydroxyl groups excluding tert-OH is 1. The molecule has 0 radical (unpaired) electrons. The van der Waals surface area contributed by atoms with Gasteiger partial charge in [-0.05, 0) is 23.8 Å². The molecule has 0 saturated heterocycles. The van der Waals surface area contributed by atoms with Gasteiger partial charge in [-0.1, -0.05) is 63.1 Å². The third kappa shape index (κ3) is 4.24. The highest BCUT2D eigenvalue weighted by Gasteiger charge is 2.06. The summed E-state index contributed by atoms with van der Waals surface area (Å²) < 4.78 is 0. The van der Waals surface area contributed by atoms with Crippen LogP contribution >= 0.6 is 0 Å². The minimum atomic E-state index is -0.271. The SMILES string of the molecule is CC(C)CCCC(O)CNc1cccc2ccccc12. The Kier molecular flexibility index (Phi) is 5.42. The third-order valence-corrected chi connectivity index (χ3v) is 3.64. The van der Waals surface area contributed by atoms with E-state index in [0.29, 0.717) is 12.5 Å². The molecule has 0 aromatic heterocycles. The molecule has 0 aliphatic carbocycles. The van der Waals surface area contributed by atoms with Crippen LogP contribution in [0.5, 0.6) is 0 Å². The first-order chi connectivity index (χ1) is 9.66. The van der Waals surface area contributed by atoms with Gasteiger partial charge in [0.15, 0.2) is 0 Å². The predicted molar refractivity (Wildman–Crippen MR) is 87.1 cm³/mol. The number of nitrogens with one attached hydrogen (secondary N) is 1. The van der Waals surface area contributed by atoms with Crippen LogP contribution in [0.25, 0.3) is 10.8 Å². The molecule has 2 aromatic carbocycles. The lowest BCUT2D eigenvalue weighted by atomic mass is 10.0. The lowest BCUT2D eigenvalue weighted by Crippen LogP contribution is -2.19. The quantitative estimate of drug-likeness (QED) is 0.780. The van der Waals surface area contributed by atoms with Gasteiger partial charge in [0.25, 0.3) is 0 Å². The fourth-order valence-corrected chi connectivity index (χ4v) is 2.47. The van der Waals surface area contributed by atoms with Crippen molar-refractivity contribution < 1.29 is 5.11 Å². The summed E-state index contributed by atoms with van der Waals surface area (Å²) in [6, 6.07) is 14.6. The Morgan fingerprint density at radius 1 is 1.00 bits per heavy atom. The highest BCUT2D eigenvalue weighted by Crippen LogP contribution is 2.23. The molecule has 0 saturated carbocycles. The molecule has 1 atom stereocenters. The van der Waals surface area contributed by atoms with Crippen LogP contribution in [-0.2, 0) is 0 Å². The Morgan fingerprint density at radius 2 is 1.75 bits per heavy atom. The fraction of sp³-hybridized carbons (Fsp3) is 0.444. The maximum absolute atomic E-state index is 10.0. The van der Waals surface area contributed by atoms with Crippen molar-refractivity contribution in [3.8, 4) is 0 Å². The number of anilines is 1. The third-order valence-electron chi connectivity index (χ3n) is 3.64. The van der Waals surface area contributed by atoms with E-state index in [2.05, 4.69) is 49.5 Å². The standard InChI is InChI=1S/C18H25NO/c1-14(2)7-5-10-16(20)13-19-18-12-6-9-15-8-3-4-11-17(15)18/h3-4,6,8-9,11-12,14,16,19-20H,5,7,10,13H2,1-2H3. The van der Waals surface area contributed by atoms with E-state index in [1.54, 1.807) is 0 Å². The maximum atomic E-state index is 10.0. The van der Waals surface area contributed by atoms with E-state index in [0.717, 1.165) is 18.5 Å². The van der Waals surface area contributed by atoms with E-state index in [4.69, 9.17) is 0 Å². The van der Waals surface area contributed by atoms with Gasteiger partial charge in [-0.2, -0.15) is 0 Å². The molecule has 0 amide bonds. The zero-order chi connectivity index (χ0) is 14.4. The average Bonchev–Trinajstić information content (AvgIpc) is 2.44. The lowest BCUT2D eigenvalue weighted by molar-refractivity contribution is 0.172. The van der Waals surface area contributed by atoms with E-state index >= 15 is 0 Å². The second-order valence-corrected chi connectivity index (χ2v) is 5.89. The molecular formula is C18H25NO. The van der Waals surface area contributed by atoms with Crippen LogP contribution in [0.15, 0.2) is 42.5 Å². The Labute approximate surface area is 121 Å². The zero-order valence-electron chi connectivity index (χ0n) is 12.5. The zero-order valence-corrected chi connectivity index (χ0v) is 12.5. The van der Waals surface area contributed by atoms with Crippen molar-refractivity contribution in [2.45, 2.75) is 39.2 Å². The fourth-order valence-electron chi connectivity index (χ4n) is 2.47. The van der Waals surface area contributed by atoms with Crippen molar-refractivity contribution in [3.63, 3.8) is 0 Å². The van der Waals surface area contributed by atoms with E-state index in [1.807, 2.05) is 12.1 Å². The second kappa shape index (κ2) is 7.30. The molecule has 2 aromatic rings. The van der Waals surface area contributed by atoms with Crippen LogP contribution in [-0.4, -0.2) is 17.8 Å². The molecule has 2 N–H and O–H groups in total. The Morgan fingerprint density at radius 3 is 2.55 bits per heavy atom. The van der Waals surface area contributed by atoms with Gasteiger partial charge in [-0.3, -0.25) is 0 Å². The Balaban J connectivity index is 1.89. The van der Waals surface area contributed by atoms with Gasteiger partial charge in [0.05, 0.1) is 6.10 Å². The van der Waals surface area contributed by atoms with Crippen molar-refractivity contribution in [1.82, 2.24) is 0 Å². The number of fused-ring (bicyclic) bond motifs is 1. The molecule has 108 valence electrons. The van der Waals surface area contributed by atoms with Gasteiger partial charge in [0, 0.05) is 17.6 Å². The largest absolute Gasteiger partial charge is 0.391 e. The first kappa shape index (κ1) is 14.9. The summed E-state index contributed by atoms with van der Waals surface area (Å²) in [5, 5.41) is 15.8. The first-order valence-corrected chi connectivity index (χ1v) is 7.56. The van der Waals surface area contributed by atoms with Crippen molar-refractivity contribution in [2.75, 3.05) is 11.9 Å². The van der Waals surface area contributed by atoms with Gasteiger partial charge in [0.1, 0.15) is 0 Å². The minimum absolute atomic E-state index is 0.271. The number of rotatable bonds is 7. The highest BCUT2D eigenvalue weighted by atomic mass is 16.3. The molecule has 0 heterocycles. The Bertz CT molecular complexity index is 530. The van der Waals surface area contributed by atoms with Crippen molar-refractivity contribution in [3.05, 3.63) is 42.5 Å². The number of hydrogen-bond acceptors (Lipinski definition) is 2. The highest BCUT2D eigenvalue weighted by molar-refractivity contribution is 5.93. The average molecular weight is 271 g/mol. The molecule has 2 nitrogen and oxygen atoms in total. The maximum Gasteiger partial charge on any atom is 0.0712 e. The van der Waals surface area contributed by atoms with Gasteiger partial charge in [-0.15, -0.1) is 0 Å².